The van der Waals surface area contributed by atoms with Crippen molar-refractivity contribution in [1.82, 2.24) is 4.98 Å². The topological polar surface area (TPSA) is 53.4 Å². The van der Waals surface area contributed by atoms with Gasteiger partial charge < -0.3 is 5.11 Å². The van der Waals surface area contributed by atoms with Crippen molar-refractivity contribution < 1.29 is 9.90 Å². The molecule has 1 aromatic rings. The molecule has 0 unspecified atom stereocenters. The van der Waals surface area contributed by atoms with E-state index in [0.717, 1.165) is 0 Å². The van der Waals surface area contributed by atoms with Crippen LogP contribution in [0.15, 0.2) is 36.4 Å². The number of pyridine rings is 1. The Labute approximate surface area is 75.1 Å². The first kappa shape index (κ1) is 7.79. The van der Waals surface area contributed by atoms with Crippen LogP contribution in [0.3, 0.4) is 0 Å². The van der Waals surface area contributed by atoms with Gasteiger partial charge in [0.15, 0.2) is 0 Å². The summed E-state index contributed by atoms with van der Waals surface area (Å²) < 4.78 is 0. The molecule has 0 aromatic carbocycles. The molecule has 4 heteroatoms. The number of aromatic nitrogens is 1. The second kappa shape index (κ2) is 2.90. The van der Waals surface area contributed by atoms with Gasteiger partial charge in [-0.1, -0.05) is 0 Å². The summed E-state index contributed by atoms with van der Waals surface area (Å²) in [4.78, 5) is 16.6. The monoisotopic (exact) mass is 176 g/mol. The molecule has 2 rings (SSSR count). The van der Waals surface area contributed by atoms with Crippen molar-refractivity contribution >= 4 is 11.6 Å². The Morgan fingerprint density at radius 2 is 2.38 bits per heavy atom. The first-order chi connectivity index (χ1) is 6.27. The van der Waals surface area contributed by atoms with Crippen molar-refractivity contribution in [2.45, 2.75) is 0 Å². The van der Waals surface area contributed by atoms with Crippen molar-refractivity contribution in [3.8, 4) is 0 Å². The number of aliphatic hydroxyl groups is 1. The molecule has 0 aliphatic carbocycles. The van der Waals surface area contributed by atoms with Crippen LogP contribution < -0.4 is 4.90 Å². The van der Waals surface area contributed by atoms with Gasteiger partial charge in [-0.3, -0.25) is 14.7 Å². The Kier molecular flexibility index (Phi) is 1.73. The van der Waals surface area contributed by atoms with Gasteiger partial charge in [-0.05, 0) is 12.1 Å². The summed E-state index contributed by atoms with van der Waals surface area (Å²) in [6.07, 6.45) is 4.44. The van der Waals surface area contributed by atoms with Crippen molar-refractivity contribution in [3.05, 3.63) is 36.4 Å². The van der Waals surface area contributed by atoms with Crippen molar-refractivity contribution in [1.29, 1.82) is 0 Å². The molecule has 0 bridgehead atoms. The third kappa shape index (κ3) is 1.38. The van der Waals surface area contributed by atoms with E-state index in [1.807, 2.05) is 0 Å². The van der Waals surface area contributed by atoms with E-state index in [1.54, 1.807) is 24.5 Å². The molecule has 0 radical (unpaired) electrons. The number of amides is 1. The summed E-state index contributed by atoms with van der Waals surface area (Å²) in [6, 6.07) is 3.52. The van der Waals surface area contributed by atoms with Crippen molar-refractivity contribution in [3.63, 3.8) is 0 Å². The highest BCUT2D eigenvalue weighted by Crippen LogP contribution is 2.17. The lowest BCUT2D eigenvalue weighted by Crippen LogP contribution is -2.25. The fraction of sp³-hybridized carbons (Fsp3) is 0.111. The van der Waals surface area contributed by atoms with Gasteiger partial charge in [-0.15, -0.1) is 0 Å². The van der Waals surface area contributed by atoms with Crippen LogP contribution >= 0.6 is 0 Å². The predicted octanol–water partition coefficient (Wildman–Crippen LogP) is 0.870. The Hall–Kier alpha value is -1.84. The molecule has 1 aliphatic heterocycles. The minimum atomic E-state index is -0.203. The average Bonchev–Trinajstić information content (AvgIpc) is 2.47. The van der Waals surface area contributed by atoms with Gasteiger partial charge >= 0.3 is 0 Å². The molecule has 0 saturated carbocycles. The first-order valence-corrected chi connectivity index (χ1v) is 3.88. The zero-order chi connectivity index (χ0) is 9.26. The molecule has 0 atom stereocenters. The summed E-state index contributed by atoms with van der Waals surface area (Å²) in [5, 5.41) is 9.11. The Morgan fingerprint density at radius 3 is 2.92 bits per heavy atom. The van der Waals surface area contributed by atoms with Crippen LogP contribution in [-0.2, 0) is 4.79 Å². The Balaban J connectivity index is 2.26. The molecule has 4 nitrogen and oxygen atoms in total. The maximum Gasteiger partial charge on any atom is 0.254 e. The number of anilines is 1. The summed E-state index contributed by atoms with van der Waals surface area (Å²) in [5.41, 5.74) is 0.702. The van der Waals surface area contributed by atoms with Gasteiger partial charge in [0.2, 0.25) is 0 Å². The molecule has 0 spiro atoms. The maximum absolute atomic E-state index is 11.2. The van der Waals surface area contributed by atoms with Crippen molar-refractivity contribution in [2.24, 2.45) is 0 Å². The minimum Gasteiger partial charge on any atom is -0.510 e. The molecule has 0 saturated heterocycles. The molecule has 13 heavy (non-hydrogen) atoms. The average molecular weight is 176 g/mol. The van der Waals surface area contributed by atoms with Crippen LogP contribution in [0.4, 0.5) is 5.69 Å². The third-order valence-electron chi connectivity index (χ3n) is 1.83. The molecule has 1 aromatic heterocycles. The minimum absolute atomic E-state index is 0.0915. The second-order valence-electron chi connectivity index (χ2n) is 2.77. The fourth-order valence-corrected chi connectivity index (χ4v) is 1.24. The van der Waals surface area contributed by atoms with Crippen LogP contribution in [-0.4, -0.2) is 22.5 Å². The van der Waals surface area contributed by atoms with Gasteiger partial charge in [-0.25, -0.2) is 0 Å². The lowest BCUT2D eigenvalue weighted by molar-refractivity contribution is -0.113. The lowest BCUT2D eigenvalue weighted by Gasteiger charge is -2.14. The van der Waals surface area contributed by atoms with E-state index >= 15 is 0 Å². The normalized spacial score (nSPS) is 16.2. The van der Waals surface area contributed by atoms with Gasteiger partial charge in [0, 0.05) is 12.3 Å². The molecular formula is C9H8N2O2. The molecule has 1 amide bonds. The van der Waals surface area contributed by atoms with Crippen LogP contribution in [0.5, 0.6) is 0 Å². The van der Waals surface area contributed by atoms with Gasteiger partial charge in [-0.2, -0.15) is 0 Å². The van der Waals surface area contributed by atoms with Crippen LogP contribution in [0.25, 0.3) is 0 Å². The highest BCUT2D eigenvalue weighted by molar-refractivity contribution is 6.04. The number of rotatable bonds is 1. The smallest absolute Gasteiger partial charge is 0.254 e. The number of nitrogens with zero attached hydrogens (tertiary/aromatic N) is 2. The maximum atomic E-state index is 11.2. The quantitative estimate of drug-likeness (QED) is 0.690. The molecule has 1 N–H and O–H groups in total. The number of carbonyl (C=O) groups excluding carboxylic acids is 1. The van der Waals surface area contributed by atoms with Gasteiger partial charge in [0.25, 0.3) is 5.91 Å². The number of hydrogen-bond donors (Lipinski definition) is 1. The van der Waals surface area contributed by atoms with E-state index in [0.29, 0.717) is 5.69 Å². The van der Waals surface area contributed by atoms with Crippen LogP contribution in [0.2, 0.25) is 0 Å². The zero-order valence-corrected chi connectivity index (χ0v) is 6.84. The van der Waals surface area contributed by atoms with E-state index in [-0.39, 0.29) is 18.2 Å². The number of aliphatic hydroxyl groups excluding tert-OH is 1. The standard InChI is InChI=1S/C9H8N2O2/c12-8-4-9(13)11(6-8)7-2-1-3-10-5-7/h1-5,12H,6H2. The molecule has 0 fully saturated rings. The number of hydrogen-bond acceptors (Lipinski definition) is 3. The molecular weight excluding hydrogens is 168 g/mol. The van der Waals surface area contributed by atoms with E-state index in [1.165, 1.54) is 11.0 Å². The van der Waals surface area contributed by atoms with Gasteiger partial charge in [0.05, 0.1) is 18.4 Å². The highest BCUT2D eigenvalue weighted by atomic mass is 16.3. The zero-order valence-electron chi connectivity index (χ0n) is 6.84. The summed E-state index contributed by atoms with van der Waals surface area (Å²) >= 11 is 0. The van der Waals surface area contributed by atoms with E-state index < -0.39 is 0 Å². The van der Waals surface area contributed by atoms with Crippen molar-refractivity contribution in [2.75, 3.05) is 11.4 Å². The van der Waals surface area contributed by atoms with Crippen LogP contribution in [0, 0.1) is 0 Å². The molecule has 2 heterocycles. The first-order valence-electron chi connectivity index (χ1n) is 3.88. The Bertz CT molecular complexity index is 359. The fourth-order valence-electron chi connectivity index (χ4n) is 1.24. The predicted molar refractivity (Wildman–Crippen MR) is 47.3 cm³/mol. The molecule has 66 valence electrons. The van der Waals surface area contributed by atoms with Gasteiger partial charge in [0.1, 0.15) is 5.76 Å². The summed E-state index contributed by atoms with van der Waals surface area (Å²) in [7, 11) is 0. The van der Waals surface area contributed by atoms with E-state index in [2.05, 4.69) is 4.98 Å². The third-order valence-corrected chi connectivity index (χ3v) is 1.83. The highest BCUT2D eigenvalue weighted by Gasteiger charge is 2.22. The van der Waals surface area contributed by atoms with Crippen LogP contribution in [0.1, 0.15) is 0 Å². The molecule has 1 aliphatic rings. The second-order valence-corrected chi connectivity index (χ2v) is 2.77. The SMILES string of the molecule is O=C1C=C(O)CN1c1cccnc1. The summed E-state index contributed by atoms with van der Waals surface area (Å²) in [6.45, 7) is 0.241. The lowest BCUT2D eigenvalue weighted by atomic mass is 10.4. The largest absolute Gasteiger partial charge is 0.510 e. The summed E-state index contributed by atoms with van der Waals surface area (Å²) in [5.74, 6) is -0.112. The van der Waals surface area contributed by atoms with E-state index in [4.69, 9.17) is 5.11 Å². The Morgan fingerprint density at radius 1 is 1.54 bits per heavy atom. The number of carbonyl (C=O) groups is 1. The van der Waals surface area contributed by atoms with E-state index in [9.17, 15) is 4.79 Å².